The number of halogens is 1. The molecule has 1 saturated carbocycles. The van der Waals surface area contributed by atoms with E-state index in [0.717, 1.165) is 5.65 Å². The standard InChI is InChI=1S/C15H21ClN4/c1-10(2)12-5-3-4-6-13(12)17-15-18-14-8-7-11(16)9-20(14)19-15/h7-10,12-13H,3-6H2,1-2H3,(H,17,19). The fourth-order valence-corrected chi connectivity index (χ4v) is 3.38. The van der Waals surface area contributed by atoms with E-state index in [4.69, 9.17) is 11.6 Å². The van der Waals surface area contributed by atoms with Crippen molar-refractivity contribution in [1.29, 1.82) is 0 Å². The molecule has 5 heteroatoms. The van der Waals surface area contributed by atoms with Crippen molar-refractivity contribution in [3.63, 3.8) is 0 Å². The first-order chi connectivity index (χ1) is 9.63. The molecule has 0 radical (unpaired) electrons. The van der Waals surface area contributed by atoms with Gasteiger partial charge in [-0.25, -0.2) is 4.52 Å². The zero-order valence-corrected chi connectivity index (χ0v) is 12.8. The average molecular weight is 293 g/mol. The van der Waals surface area contributed by atoms with Gasteiger partial charge in [0.1, 0.15) is 0 Å². The molecule has 1 fully saturated rings. The second-order valence-corrected chi connectivity index (χ2v) is 6.47. The van der Waals surface area contributed by atoms with Crippen LogP contribution in [0, 0.1) is 11.8 Å². The predicted octanol–water partition coefficient (Wildman–Crippen LogP) is 4.01. The lowest BCUT2D eigenvalue weighted by atomic mass is 9.78. The Morgan fingerprint density at radius 3 is 2.90 bits per heavy atom. The number of nitrogens with zero attached hydrogens (tertiary/aromatic N) is 3. The van der Waals surface area contributed by atoms with Crippen LogP contribution in [-0.2, 0) is 0 Å². The highest BCUT2D eigenvalue weighted by Gasteiger charge is 2.28. The molecule has 1 N–H and O–H groups in total. The van der Waals surface area contributed by atoms with E-state index in [1.165, 1.54) is 25.7 Å². The van der Waals surface area contributed by atoms with Gasteiger partial charge in [0, 0.05) is 12.2 Å². The normalized spacial score (nSPS) is 23.4. The Morgan fingerprint density at radius 1 is 1.30 bits per heavy atom. The number of rotatable bonds is 3. The van der Waals surface area contributed by atoms with Crippen molar-refractivity contribution in [3.05, 3.63) is 23.4 Å². The van der Waals surface area contributed by atoms with Crippen LogP contribution in [0.15, 0.2) is 18.3 Å². The zero-order chi connectivity index (χ0) is 14.1. The zero-order valence-electron chi connectivity index (χ0n) is 12.0. The van der Waals surface area contributed by atoms with Crippen molar-refractivity contribution in [2.45, 2.75) is 45.6 Å². The van der Waals surface area contributed by atoms with Crippen molar-refractivity contribution in [1.82, 2.24) is 14.6 Å². The van der Waals surface area contributed by atoms with Crippen LogP contribution in [0.5, 0.6) is 0 Å². The molecule has 2 unspecified atom stereocenters. The third-order valence-corrected chi connectivity index (χ3v) is 4.51. The lowest BCUT2D eigenvalue weighted by molar-refractivity contribution is 0.253. The summed E-state index contributed by atoms with van der Waals surface area (Å²) in [6, 6.07) is 4.21. The molecule has 2 aromatic heterocycles. The van der Waals surface area contributed by atoms with Gasteiger partial charge in [-0.1, -0.05) is 38.3 Å². The predicted molar refractivity (Wildman–Crippen MR) is 82.2 cm³/mol. The third kappa shape index (κ3) is 2.75. The van der Waals surface area contributed by atoms with Crippen LogP contribution in [0.25, 0.3) is 5.65 Å². The van der Waals surface area contributed by atoms with Crippen molar-refractivity contribution in [2.75, 3.05) is 5.32 Å². The summed E-state index contributed by atoms with van der Waals surface area (Å²) < 4.78 is 1.73. The summed E-state index contributed by atoms with van der Waals surface area (Å²) in [7, 11) is 0. The summed E-state index contributed by atoms with van der Waals surface area (Å²) in [5.74, 6) is 2.11. The molecule has 0 bridgehead atoms. The monoisotopic (exact) mass is 292 g/mol. The van der Waals surface area contributed by atoms with Gasteiger partial charge in [0.15, 0.2) is 5.65 Å². The Morgan fingerprint density at radius 2 is 2.10 bits per heavy atom. The highest BCUT2D eigenvalue weighted by atomic mass is 35.5. The van der Waals surface area contributed by atoms with Gasteiger partial charge in [-0.15, -0.1) is 5.10 Å². The van der Waals surface area contributed by atoms with E-state index in [1.807, 2.05) is 12.1 Å². The average Bonchev–Trinajstić information content (AvgIpc) is 2.80. The highest BCUT2D eigenvalue weighted by Crippen LogP contribution is 2.31. The van der Waals surface area contributed by atoms with Crippen molar-refractivity contribution >= 4 is 23.2 Å². The highest BCUT2D eigenvalue weighted by molar-refractivity contribution is 6.30. The summed E-state index contributed by atoms with van der Waals surface area (Å²) in [5, 5.41) is 8.68. The largest absolute Gasteiger partial charge is 0.350 e. The Labute approximate surface area is 124 Å². The smallest absolute Gasteiger partial charge is 0.243 e. The second kappa shape index (κ2) is 5.60. The van der Waals surface area contributed by atoms with Crippen molar-refractivity contribution in [3.8, 4) is 0 Å². The number of nitrogens with one attached hydrogen (secondary N) is 1. The molecular formula is C15H21ClN4. The number of hydrogen-bond donors (Lipinski definition) is 1. The minimum atomic E-state index is 0.483. The van der Waals surface area contributed by atoms with E-state index in [-0.39, 0.29) is 0 Å². The number of fused-ring (bicyclic) bond motifs is 1. The van der Waals surface area contributed by atoms with Gasteiger partial charge >= 0.3 is 0 Å². The quantitative estimate of drug-likeness (QED) is 0.929. The van der Waals surface area contributed by atoms with Crippen molar-refractivity contribution in [2.24, 2.45) is 11.8 Å². The Bertz CT molecular complexity index is 593. The molecule has 20 heavy (non-hydrogen) atoms. The van der Waals surface area contributed by atoms with Gasteiger partial charge < -0.3 is 5.32 Å². The van der Waals surface area contributed by atoms with Gasteiger partial charge in [-0.3, -0.25) is 0 Å². The fourth-order valence-electron chi connectivity index (χ4n) is 3.22. The van der Waals surface area contributed by atoms with Crippen molar-refractivity contribution < 1.29 is 0 Å². The maximum atomic E-state index is 5.98. The lowest BCUT2D eigenvalue weighted by Crippen LogP contribution is -2.35. The summed E-state index contributed by atoms with van der Waals surface area (Å²) in [4.78, 5) is 4.52. The molecule has 2 aromatic rings. The van der Waals surface area contributed by atoms with E-state index < -0.39 is 0 Å². The van der Waals surface area contributed by atoms with E-state index >= 15 is 0 Å². The van der Waals surface area contributed by atoms with Crippen LogP contribution >= 0.6 is 11.6 Å². The van der Waals surface area contributed by atoms with Crippen LogP contribution in [0.4, 0.5) is 5.95 Å². The molecule has 4 nitrogen and oxygen atoms in total. The Balaban J connectivity index is 1.80. The number of pyridine rings is 1. The summed E-state index contributed by atoms with van der Waals surface area (Å²) >= 11 is 5.98. The van der Waals surface area contributed by atoms with Gasteiger partial charge in [0.05, 0.1) is 5.02 Å². The lowest BCUT2D eigenvalue weighted by Gasteiger charge is -2.34. The van der Waals surface area contributed by atoms with Crippen LogP contribution in [0.3, 0.4) is 0 Å². The first-order valence-corrected chi connectivity index (χ1v) is 7.80. The topological polar surface area (TPSA) is 42.2 Å². The number of hydrogen-bond acceptors (Lipinski definition) is 3. The maximum Gasteiger partial charge on any atom is 0.243 e. The minimum Gasteiger partial charge on any atom is -0.350 e. The van der Waals surface area contributed by atoms with Gasteiger partial charge in [0.2, 0.25) is 5.95 Å². The van der Waals surface area contributed by atoms with Gasteiger partial charge in [-0.05, 0) is 36.8 Å². The molecule has 1 aliphatic carbocycles. The van der Waals surface area contributed by atoms with E-state index in [0.29, 0.717) is 28.8 Å². The molecule has 3 rings (SSSR count). The maximum absolute atomic E-state index is 5.98. The van der Waals surface area contributed by atoms with Crippen LogP contribution in [-0.4, -0.2) is 20.6 Å². The third-order valence-electron chi connectivity index (χ3n) is 4.29. The fraction of sp³-hybridized carbons (Fsp3) is 0.600. The first kappa shape index (κ1) is 13.7. The molecule has 108 valence electrons. The van der Waals surface area contributed by atoms with E-state index in [1.54, 1.807) is 10.7 Å². The number of anilines is 1. The molecule has 0 spiro atoms. The molecule has 0 aromatic carbocycles. The van der Waals surface area contributed by atoms with Gasteiger partial charge in [0.25, 0.3) is 0 Å². The van der Waals surface area contributed by atoms with Crippen LogP contribution in [0.1, 0.15) is 39.5 Å². The SMILES string of the molecule is CC(C)C1CCCCC1Nc1nc2ccc(Cl)cn2n1. The number of aromatic nitrogens is 3. The molecule has 2 atom stereocenters. The summed E-state index contributed by atoms with van der Waals surface area (Å²) in [6.45, 7) is 4.61. The molecule has 0 aliphatic heterocycles. The molecule has 2 heterocycles. The second-order valence-electron chi connectivity index (χ2n) is 6.03. The van der Waals surface area contributed by atoms with Gasteiger partial charge in [-0.2, -0.15) is 4.98 Å². The first-order valence-electron chi connectivity index (χ1n) is 7.42. The molecule has 1 aliphatic rings. The summed E-state index contributed by atoms with van der Waals surface area (Å²) in [5.41, 5.74) is 0.828. The van der Waals surface area contributed by atoms with Crippen LogP contribution in [0.2, 0.25) is 5.02 Å². The van der Waals surface area contributed by atoms with E-state index in [9.17, 15) is 0 Å². The molecule has 0 saturated heterocycles. The minimum absolute atomic E-state index is 0.483. The summed E-state index contributed by atoms with van der Waals surface area (Å²) in [6.07, 6.45) is 6.93. The Hall–Kier alpha value is -1.29. The van der Waals surface area contributed by atoms with Crippen LogP contribution < -0.4 is 5.32 Å². The van der Waals surface area contributed by atoms with E-state index in [2.05, 4.69) is 29.2 Å². The Kier molecular flexibility index (Phi) is 3.83. The molecular weight excluding hydrogens is 272 g/mol. The molecule has 0 amide bonds.